The van der Waals surface area contributed by atoms with Crippen molar-refractivity contribution in [1.29, 1.82) is 0 Å². The van der Waals surface area contributed by atoms with E-state index < -0.39 is 0 Å². The lowest BCUT2D eigenvalue weighted by Crippen LogP contribution is -2.42. The predicted octanol–water partition coefficient (Wildman–Crippen LogP) is 3.53. The van der Waals surface area contributed by atoms with Gasteiger partial charge in [0, 0.05) is 24.0 Å². The first-order valence-corrected chi connectivity index (χ1v) is 7.67. The van der Waals surface area contributed by atoms with Gasteiger partial charge in [-0.25, -0.2) is 0 Å². The third-order valence-corrected chi connectivity index (χ3v) is 4.51. The molecule has 1 aliphatic heterocycles. The van der Waals surface area contributed by atoms with Crippen LogP contribution in [0.3, 0.4) is 0 Å². The summed E-state index contributed by atoms with van der Waals surface area (Å²) in [6.45, 7) is 10.4. The van der Waals surface area contributed by atoms with Crippen LogP contribution in [-0.2, 0) is 6.54 Å². The standard InChI is InChI=1S/C14H21ClN2S/c1-11(2)10-17-7-5-12(6-8-17)16-9-13-3-4-14(15)18-13/h3-4,12,16H,1,5-10H2,2H3. The highest BCUT2D eigenvalue weighted by molar-refractivity contribution is 7.16. The molecule has 1 fully saturated rings. The summed E-state index contributed by atoms with van der Waals surface area (Å²) in [6.07, 6.45) is 2.46. The molecule has 4 heteroatoms. The maximum atomic E-state index is 5.93. The fraction of sp³-hybridized carbons (Fsp3) is 0.571. The molecular weight excluding hydrogens is 264 g/mol. The molecule has 1 aromatic heterocycles. The number of hydrogen-bond acceptors (Lipinski definition) is 3. The summed E-state index contributed by atoms with van der Waals surface area (Å²) in [5.41, 5.74) is 1.26. The quantitative estimate of drug-likeness (QED) is 0.832. The molecule has 18 heavy (non-hydrogen) atoms. The van der Waals surface area contributed by atoms with Crippen molar-refractivity contribution in [3.05, 3.63) is 33.5 Å². The van der Waals surface area contributed by atoms with E-state index in [0.29, 0.717) is 6.04 Å². The Balaban J connectivity index is 1.69. The van der Waals surface area contributed by atoms with Crippen molar-refractivity contribution in [2.45, 2.75) is 32.4 Å². The normalized spacial score (nSPS) is 18.1. The van der Waals surface area contributed by atoms with Crippen LogP contribution in [0, 0.1) is 0 Å². The molecule has 1 aromatic rings. The van der Waals surface area contributed by atoms with E-state index in [4.69, 9.17) is 11.6 Å². The largest absolute Gasteiger partial charge is 0.309 e. The molecule has 1 aliphatic rings. The van der Waals surface area contributed by atoms with Crippen molar-refractivity contribution in [1.82, 2.24) is 10.2 Å². The van der Waals surface area contributed by atoms with Crippen molar-refractivity contribution in [3.8, 4) is 0 Å². The van der Waals surface area contributed by atoms with E-state index in [-0.39, 0.29) is 0 Å². The van der Waals surface area contributed by atoms with Gasteiger partial charge in [0.05, 0.1) is 4.34 Å². The second kappa shape index (κ2) is 6.71. The third-order valence-electron chi connectivity index (χ3n) is 3.27. The molecule has 0 radical (unpaired) electrons. The summed E-state index contributed by atoms with van der Waals surface area (Å²) in [7, 11) is 0. The third kappa shape index (κ3) is 4.39. The fourth-order valence-electron chi connectivity index (χ4n) is 2.37. The number of likely N-dealkylation sites (tertiary alicyclic amines) is 1. The lowest BCUT2D eigenvalue weighted by Gasteiger charge is -2.32. The zero-order valence-electron chi connectivity index (χ0n) is 10.9. The lowest BCUT2D eigenvalue weighted by molar-refractivity contribution is 0.211. The van der Waals surface area contributed by atoms with Crippen molar-refractivity contribution >= 4 is 22.9 Å². The minimum absolute atomic E-state index is 0.646. The second-order valence-corrected chi connectivity index (χ2v) is 6.89. The van der Waals surface area contributed by atoms with Gasteiger partial charge in [-0.1, -0.05) is 23.8 Å². The Morgan fingerprint density at radius 1 is 1.50 bits per heavy atom. The summed E-state index contributed by atoms with van der Waals surface area (Å²) in [5.74, 6) is 0. The van der Waals surface area contributed by atoms with Crippen LogP contribution in [0.2, 0.25) is 4.34 Å². The molecule has 100 valence electrons. The van der Waals surface area contributed by atoms with Crippen LogP contribution in [-0.4, -0.2) is 30.6 Å². The van der Waals surface area contributed by atoms with Gasteiger partial charge in [-0.15, -0.1) is 11.3 Å². The molecule has 0 bridgehead atoms. The van der Waals surface area contributed by atoms with Crippen molar-refractivity contribution in [2.24, 2.45) is 0 Å². The Morgan fingerprint density at radius 2 is 2.22 bits per heavy atom. The Morgan fingerprint density at radius 3 is 2.78 bits per heavy atom. The molecule has 0 atom stereocenters. The molecule has 1 saturated heterocycles. The number of thiophene rings is 1. The Labute approximate surface area is 119 Å². The molecule has 0 unspecified atom stereocenters. The van der Waals surface area contributed by atoms with Crippen LogP contribution in [0.5, 0.6) is 0 Å². The van der Waals surface area contributed by atoms with E-state index in [1.54, 1.807) is 11.3 Å². The topological polar surface area (TPSA) is 15.3 Å². The molecular formula is C14H21ClN2S. The van der Waals surface area contributed by atoms with E-state index in [2.05, 4.69) is 29.8 Å². The van der Waals surface area contributed by atoms with Gasteiger partial charge < -0.3 is 5.32 Å². The van der Waals surface area contributed by atoms with Gasteiger partial charge in [-0.05, 0) is 45.0 Å². The van der Waals surface area contributed by atoms with Crippen LogP contribution in [0.15, 0.2) is 24.3 Å². The maximum Gasteiger partial charge on any atom is 0.0931 e. The van der Waals surface area contributed by atoms with Crippen LogP contribution in [0.4, 0.5) is 0 Å². The van der Waals surface area contributed by atoms with Crippen LogP contribution in [0.1, 0.15) is 24.6 Å². The van der Waals surface area contributed by atoms with Crippen molar-refractivity contribution in [3.63, 3.8) is 0 Å². The zero-order valence-corrected chi connectivity index (χ0v) is 12.5. The highest BCUT2D eigenvalue weighted by Crippen LogP contribution is 2.21. The Bertz CT molecular complexity index is 394. The molecule has 2 nitrogen and oxygen atoms in total. The van der Waals surface area contributed by atoms with E-state index in [1.165, 1.54) is 36.4 Å². The number of hydrogen-bond donors (Lipinski definition) is 1. The van der Waals surface area contributed by atoms with Crippen molar-refractivity contribution < 1.29 is 0 Å². The summed E-state index contributed by atoms with van der Waals surface area (Å²) >= 11 is 7.59. The zero-order chi connectivity index (χ0) is 13.0. The van der Waals surface area contributed by atoms with E-state index in [9.17, 15) is 0 Å². The molecule has 0 aliphatic carbocycles. The van der Waals surface area contributed by atoms with Gasteiger partial charge in [0.15, 0.2) is 0 Å². The molecule has 0 spiro atoms. The predicted molar refractivity (Wildman–Crippen MR) is 80.4 cm³/mol. The summed E-state index contributed by atoms with van der Waals surface area (Å²) < 4.78 is 0.878. The average Bonchev–Trinajstić information content (AvgIpc) is 2.74. The molecule has 0 aromatic carbocycles. The molecule has 0 amide bonds. The summed E-state index contributed by atoms with van der Waals surface area (Å²) in [5, 5.41) is 3.63. The summed E-state index contributed by atoms with van der Waals surface area (Å²) in [4.78, 5) is 3.81. The number of nitrogens with one attached hydrogen (secondary N) is 1. The number of rotatable bonds is 5. The molecule has 0 saturated carbocycles. The van der Waals surface area contributed by atoms with Gasteiger partial charge in [-0.2, -0.15) is 0 Å². The van der Waals surface area contributed by atoms with Gasteiger partial charge in [0.1, 0.15) is 0 Å². The van der Waals surface area contributed by atoms with E-state index >= 15 is 0 Å². The fourth-order valence-corrected chi connectivity index (χ4v) is 3.41. The Hall–Kier alpha value is -0.350. The van der Waals surface area contributed by atoms with E-state index in [0.717, 1.165) is 17.4 Å². The minimum Gasteiger partial charge on any atom is -0.309 e. The van der Waals surface area contributed by atoms with Gasteiger partial charge in [0.25, 0.3) is 0 Å². The highest BCUT2D eigenvalue weighted by atomic mass is 35.5. The summed E-state index contributed by atoms with van der Waals surface area (Å²) in [6, 6.07) is 4.72. The van der Waals surface area contributed by atoms with Crippen molar-refractivity contribution in [2.75, 3.05) is 19.6 Å². The molecule has 1 N–H and O–H groups in total. The minimum atomic E-state index is 0.646. The number of piperidine rings is 1. The second-order valence-electron chi connectivity index (χ2n) is 5.09. The van der Waals surface area contributed by atoms with Crippen LogP contribution in [0.25, 0.3) is 0 Å². The van der Waals surface area contributed by atoms with Crippen LogP contribution >= 0.6 is 22.9 Å². The SMILES string of the molecule is C=C(C)CN1CCC(NCc2ccc(Cl)s2)CC1. The maximum absolute atomic E-state index is 5.93. The highest BCUT2D eigenvalue weighted by Gasteiger charge is 2.18. The number of halogens is 1. The first-order chi connectivity index (χ1) is 8.63. The molecule has 2 rings (SSSR count). The van der Waals surface area contributed by atoms with Gasteiger partial charge >= 0.3 is 0 Å². The first-order valence-electron chi connectivity index (χ1n) is 6.48. The number of nitrogens with zero attached hydrogens (tertiary/aromatic N) is 1. The first kappa shape index (κ1) is 14.1. The smallest absolute Gasteiger partial charge is 0.0931 e. The van der Waals surface area contributed by atoms with E-state index in [1.807, 2.05) is 6.07 Å². The van der Waals surface area contributed by atoms with Gasteiger partial charge in [-0.3, -0.25) is 4.90 Å². The molecule has 2 heterocycles. The Kier molecular flexibility index (Phi) is 5.25. The monoisotopic (exact) mass is 284 g/mol. The van der Waals surface area contributed by atoms with Crippen LogP contribution < -0.4 is 5.32 Å². The lowest BCUT2D eigenvalue weighted by atomic mass is 10.0. The van der Waals surface area contributed by atoms with Gasteiger partial charge in [0.2, 0.25) is 0 Å². The average molecular weight is 285 g/mol.